The van der Waals surface area contributed by atoms with Crippen LogP contribution in [0, 0.1) is 19.8 Å². The normalized spacial score (nSPS) is 11.1. The van der Waals surface area contributed by atoms with E-state index in [1.807, 2.05) is 13.8 Å². The molecule has 1 aromatic carbocycles. The van der Waals surface area contributed by atoms with Gasteiger partial charge in [0.2, 0.25) is 5.89 Å². The topological polar surface area (TPSA) is 56.0 Å². The van der Waals surface area contributed by atoms with Crippen LogP contribution in [0.15, 0.2) is 22.7 Å². The molecule has 2 aromatic rings. The summed E-state index contributed by atoms with van der Waals surface area (Å²) >= 11 is 0. The Morgan fingerprint density at radius 2 is 1.86 bits per heavy atom. The van der Waals surface area contributed by atoms with Crippen molar-refractivity contribution in [3.8, 4) is 0 Å². The number of benzene rings is 1. The van der Waals surface area contributed by atoms with Crippen LogP contribution in [0.5, 0.6) is 0 Å². The smallest absolute Gasteiger partial charge is 0.234 e. The molecule has 4 nitrogen and oxygen atoms in total. The van der Waals surface area contributed by atoms with Crippen LogP contribution in [-0.2, 0) is 17.6 Å². The van der Waals surface area contributed by atoms with Crippen molar-refractivity contribution in [1.29, 1.82) is 0 Å². The van der Waals surface area contributed by atoms with Crippen LogP contribution in [0.1, 0.15) is 48.7 Å². The Hall–Kier alpha value is -1.97. The zero-order chi connectivity index (χ0) is 15.4. The van der Waals surface area contributed by atoms with Crippen molar-refractivity contribution in [1.82, 2.24) is 10.1 Å². The maximum absolute atomic E-state index is 11.8. The number of nitrogens with zero attached hydrogens (tertiary/aromatic N) is 2. The Morgan fingerprint density at radius 3 is 2.48 bits per heavy atom. The number of aryl methyl sites for hydroxylation is 2. The van der Waals surface area contributed by atoms with Crippen LogP contribution in [0.25, 0.3) is 0 Å². The molecule has 0 atom stereocenters. The lowest BCUT2D eigenvalue weighted by molar-refractivity contribution is -0.119. The Bertz CT molecular complexity index is 609. The third-order valence-corrected chi connectivity index (χ3v) is 3.14. The van der Waals surface area contributed by atoms with Gasteiger partial charge in [0.05, 0.1) is 6.42 Å². The van der Waals surface area contributed by atoms with Gasteiger partial charge in [0.1, 0.15) is 5.78 Å². The first-order chi connectivity index (χ1) is 9.92. The quantitative estimate of drug-likeness (QED) is 0.816. The van der Waals surface area contributed by atoms with Crippen LogP contribution in [-0.4, -0.2) is 15.9 Å². The van der Waals surface area contributed by atoms with E-state index in [1.54, 1.807) is 0 Å². The molecule has 0 aliphatic rings. The van der Waals surface area contributed by atoms with Gasteiger partial charge in [-0.2, -0.15) is 4.98 Å². The predicted octanol–water partition coefficient (Wildman–Crippen LogP) is 3.43. The van der Waals surface area contributed by atoms with E-state index in [0.29, 0.717) is 30.5 Å². The molecule has 0 unspecified atom stereocenters. The highest BCUT2D eigenvalue weighted by Gasteiger charge is 2.13. The van der Waals surface area contributed by atoms with Gasteiger partial charge in [-0.3, -0.25) is 4.79 Å². The van der Waals surface area contributed by atoms with Gasteiger partial charge in [-0.25, -0.2) is 0 Å². The van der Waals surface area contributed by atoms with Crippen LogP contribution < -0.4 is 0 Å². The molecular formula is C17H22N2O2. The molecule has 0 spiro atoms. The van der Waals surface area contributed by atoms with Gasteiger partial charge in [0, 0.05) is 12.8 Å². The monoisotopic (exact) mass is 286 g/mol. The lowest BCUT2D eigenvalue weighted by Crippen LogP contribution is -2.06. The number of carbonyl (C=O) groups is 1. The molecule has 21 heavy (non-hydrogen) atoms. The van der Waals surface area contributed by atoms with Gasteiger partial charge >= 0.3 is 0 Å². The molecule has 0 saturated heterocycles. The van der Waals surface area contributed by atoms with Crippen molar-refractivity contribution >= 4 is 5.78 Å². The van der Waals surface area contributed by atoms with Gasteiger partial charge in [-0.1, -0.05) is 48.3 Å². The largest absolute Gasteiger partial charge is 0.339 e. The molecule has 0 aliphatic heterocycles. The number of hydrogen-bond donors (Lipinski definition) is 0. The highest BCUT2D eigenvalue weighted by Crippen LogP contribution is 2.13. The minimum Gasteiger partial charge on any atom is -0.339 e. The highest BCUT2D eigenvalue weighted by atomic mass is 16.5. The zero-order valence-corrected chi connectivity index (χ0v) is 13.1. The average molecular weight is 286 g/mol. The molecule has 2 rings (SSSR count). The summed E-state index contributed by atoms with van der Waals surface area (Å²) in [6.07, 6.45) is 1.41. The molecule has 0 bridgehead atoms. The fourth-order valence-electron chi connectivity index (χ4n) is 2.48. The fraction of sp³-hybridized carbons (Fsp3) is 0.471. The molecule has 0 amide bonds. The number of Topliss-reactive ketones (excluding diaryl/α,β-unsaturated/α-hetero) is 1. The van der Waals surface area contributed by atoms with Gasteiger partial charge in [0.25, 0.3) is 0 Å². The van der Waals surface area contributed by atoms with E-state index >= 15 is 0 Å². The molecule has 0 N–H and O–H groups in total. The molecule has 4 heteroatoms. The van der Waals surface area contributed by atoms with Crippen LogP contribution in [0.4, 0.5) is 0 Å². The summed E-state index contributed by atoms with van der Waals surface area (Å²) in [5.41, 5.74) is 3.61. The summed E-state index contributed by atoms with van der Waals surface area (Å²) in [6.45, 7) is 8.19. The first-order valence-electron chi connectivity index (χ1n) is 7.32. The van der Waals surface area contributed by atoms with Gasteiger partial charge in [0.15, 0.2) is 5.82 Å². The van der Waals surface area contributed by atoms with E-state index in [-0.39, 0.29) is 12.2 Å². The Kier molecular flexibility index (Phi) is 4.89. The van der Waals surface area contributed by atoms with Crippen molar-refractivity contribution in [2.75, 3.05) is 0 Å². The van der Waals surface area contributed by atoms with Crippen molar-refractivity contribution in [3.05, 3.63) is 46.6 Å². The van der Waals surface area contributed by atoms with Gasteiger partial charge in [-0.05, 0) is 25.3 Å². The lowest BCUT2D eigenvalue weighted by atomic mass is 10.0. The molecule has 0 fully saturated rings. The second-order valence-electron chi connectivity index (χ2n) is 6.09. The molecule has 0 aliphatic carbocycles. The summed E-state index contributed by atoms with van der Waals surface area (Å²) in [7, 11) is 0. The summed E-state index contributed by atoms with van der Waals surface area (Å²) in [6, 6.07) is 6.37. The zero-order valence-electron chi connectivity index (χ0n) is 13.1. The number of aromatic nitrogens is 2. The van der Waals surface area contributed by atoms with E-state index in [9.17, 15) is 4.79 Å². The second-order valence-corrected chi connectivity index (χ2v) is 6.09. The van der Waals surface area contributed by atoms with Crippen LogP contribution in [0.2, 0.25) is 0 Å². The van der Waals surface area contributed by atoms with E-state index in [2.05, 4.69) is 42.2 Å². The summed E-state index contributed by atoms with van der Waals surface area (Å²) < 4.78 is 5.17. The Balaban J connectivity index is 2.01. The van der Waals surface area contributed by atoms with E-state index in [1.165, 1.54) is 11.1 Å². The van der Waals surface area contributed by atoms with E-state index < -0.39 is 0 Å². The molecule has 112 valence electrons. The fourth-order valence-corrected chi connectivity index (χ4v) is 2.48. The van der Waals surface area contributed by atoms with E-state index in [4.69, 9.17) is 4.52 Å². The standard InChI is InChI=1S/C17H22N2O2/c1-11(2)5-15(20)10-17-18-16(19-21-17)9-14-7-12(3)6-13(4)8-14/h6-8,11H,5,9-10H2,1-4H3. The predicted molar refractivity (Wildman–Crippen MR) is 81.2 cm³/mol. The Morgan fingerprint density at radius 1 is 1.19 bits per heavy atom. The van der Waals surface area contributed by atoms with Crippen LogP contribution in [0.3, 0.4) is 0 Å². The van der Waals surface area contributed by atoms with E-state index in [0.717, 1.165) is 5.56 Å². The summed E-state index contributed by atoms with van der Waals surface area (Å²) in [4.78, 5) is 16.1. The first kappa shape index (κ1) is 15.4. The SMILES string of the molecule is Cc1cc(C)cc(Cc2noc(CC(=O)CC(C)C)n2)c1. The van der Waals surface area contributed by atoms with Crippen molar-refractivity contribution in [3.63, 3.8) is 0 Å². The highest BCUT2D eigenvalue weighted by molar-refractivity contribution is 5.80. The maximum Gasteiger partial charge on any atom is 0.234 e. The Labute approximate surface area is 125 Å². The van der Waals surface area contributed by atoms with Gasteiger partial charge in [-0.15, -0.1) is 0 Å². The molecule has 0 saturated carbocycles. The third-order valence-electron chi connectivity index (χ3n) is 3.14. The third kappa shape index (κ3) is 4.81. The molecule has 1 aromatic heterocycles. The summed E-state index contributed by atoms with van der Waals surface area (Å²) in [5.74, 6) is 1.55. The minimum atomic E-state index is 0.145. The number of hydrogen-bond acceptors (Lipinski definition) is 4. The molecular weight excluding hydrogens is 264 g/mol. The number of carbonyl (C=O) groups excluding carboxylic acids is 1. The van der Waals surface area contributed by atoms with Gasteiger partial charge < -0.3 is 4.52 Å². The number of rotatable bonds is 6. The molecule has 1 heterocycles. The maximum atomic E-state index is 11.8. The van der Waals surface area contributed by atoms with Crippen molar-refractivity contribution in [2.24, 2.45) is 5.92 Å². The van der Waals surface area contributed by atoms with Crippen molar-refractivity contribution < 1.29 is 9.32 Å². The number of ketones is 1. The average Bonchev–Trinajstić information content (AvgIpc) is 2.73. The molecule has 0 radical (unpaired) electrons. The van der Waals surface area contributed by atoms with Crippen LogP contribution >= 0.6 is 0 Å². The van der Waals surface area contributed by atoms with Crippen molar-refractivity contribution in [2.45, 2.75) is 47.0 Å². The lowest BCUT2D eigenvalue weighted by Gasteiger charge is -2.02. The minimum absolute atomic E-state index is 0.145. The first-order valence-corrected chi connectivity index (χ1v) is 7.32. The summed E-state index contributed by atoms with van der Waals surface area (Å²) in [5, 5.41) is 3.96. The second kappa shape index (κ2) is 6.66.